The molecule has 1 aromatic heterocycles. The molecule has 0 saturated heterocycles. The first kappa shape index (κ1) is 11.9. The van der Waals surface area contributed by atoms with Gasteiger partial charge in [0.2, 0.25) is 0 Å². The quantitative estimate of drug-likeness (QED) is 0.851. The van der Waals surface area contributed by atoms with Crippen molar-refractivity contribution in [2.75, 3.05) is 18.9 Å². The van der Waals surface area contributed by atoms with Gasteiger partial charge in [-0.1, -0.05) is 0 Å². The van der Waals surface area contributed by atoms with E-state index in [9.17, 15) is 0 Å². The molecule has 1 aromatic carbocycles. The highest BCUT2D eigenvalue weighted by Gasteiger charge is 2.20. The van der Waals surface area contributed by atoms with Crippen molar-refractivity contribution < 1.29 is 9.47 Å². The first-order chi connectivity index (χ1) is 9.09. The van der Waals surface area contributed by atoms with Crippen LogP contribution in [0.25, 0.3) is 11.1 Å². The maximum absolute atomic E-state index is 6.06. The summed E-state index contributed by atoms with van der Waals surface area (Å²) in [6.07, 6.45) is 1.78. The number of anilines is 1. The van der Waals surface area contributed by atoms with Gasteiger partial charge >= 0.3 is 0 Å². The minimum atomic E-state index is 0.581. The zero-order valence-corrected chi connectivity index (χ0v) is 11.4. The molecule has 100 valence electrons. The molecule has 0 fully saturated rings. The number of nitrogen functional groups attached to an aromatic ring is 1. The van der Waals surface area contributed by atoms with Gasteiger partial charge in [-0.3, -0.25) is 4.68 Å². The fourth-order valence-corrected chi connectivity index (χ4v) is 2.38. The molecule has 0 amide bonds. The normalized spacial score (nSPS) is 13.6. The summed E-state index contributed by atoms with van der Waals surface area (Å²) in [6.45, 7) is 5.29. The lowest BCUT2D eigenvalue weighted by Gasteiger charge is -2.23. The van der Waals surface area contributed by atoms with Crippen LogP contribution >= 0.6 is 0 Å². The molecule has 5 nitrogen and oxygen atoms in total. The van der Waals surface area contributed by atoms with Crippen LogP contribution in [0.5, 0.6) is 11.5 Å². The average molecular weight is 259 g/mol. The van der Waals surface area contributed by atoms with E-state index in [2.05, 4.69) is 12.0 Å². The van der Waals surface area contributed by atoms with Crippen LogP contribution < -0.4 is 15.2 Å². The SMILES string of the molecule is Cc1c(-c2cnn(C)c2N)cc2c(c1C)OCCO2. The van der Waals surface area contributed by atoms with Crippen LogP contribution in [0.1, 0.15) is 11.1 Å². The monoisotopic (exact) mass is 259 g/mol. The van der Waals surface area contributed by atoms with Gasteiger partial charge in [-0.2, -0.15) is 5.10 Å². The summed E-state index contributed by atoms with van der Waals surface area (Å²) >= 11 is 0. The number of ether oxygens (including phenoxy) is 2. The van der Waals surface area contributed by atoms with Crippen molar-refractivity contribution in [3.63, 3.8) is 0 Å². The van der Waals surface area contributed by atoms with Gasteiger partial charge in [0.05, 0.1) is 6.20 Å². The molecular weight excluding hydrogens is 242 g/mol. The third kappa shape index (κ3) is 1.73. The standard InChI is InChI=1S/C14H17N3O2/c1-8-9(2)13-12(18-4-5-19-13)6-10(8)11-7-16-17(3)14(11)15/h6-7H,4-5,15H2,1-3H3. The average Bonchev–Trinajstić information content (AvgIpc) is 2.75. The topological polar surface area (TPSA) is 62.3 Å². The Kier molecular flexibility index (Phi) is 2.62. The Morgan fingerprint density at radius 3 is 2.58 bits per heavy atom. The summed E-state index contributed by atoms with van der Waals surface area (Å²) in [5.74, 6) is 2.28. The maximum Gasteiger partial charge on any atom is 0.164 e. The number of fused-ring (bicyclic) bond motifs is 1. The van der Waals surface area contributed by atoms with Crippen LogP contribution in [0.2, 0.25) is 0 Å². The third-order valence-electron chi connectivity index (χ3n) is 3.67. The fraction of sp³-hybridized carbons (Fsp3) is 0.357. The molecule has 0 atom stereocenters. The van der Waals surface area contributed by atoms with Crippen LogP contribution in [0.4, 0.5) is 5.82 Å². The number of benzene rings is 1. The second-order valence-corrected chi connectivity index (χ2v) is 4.77. The summed E-state index contributed by atoms with van der Waals surface area (Å²) in [7, 11) is 1.83. The molecule has 0 radical (unpaired) electrons. The molecule has 2 heterocycles. The number of aryl methyl sites for hydroxylation is 1. The maximum atomic E-state index is 6.06. The Morgan fingerprint density at radius 2 is 1.89 bits per heavy atom. The van der Waals surface area contributed by atoms with E-state index in [-0.39, 0.29) is 0 Å². The first-order valence-electron chi connectivity index (χ1n) is 6.27. The lowest BCUT2D eigenvalue weighted by Crippen LogP contribution is -2.16. The van der Waals surface area contributed by atoms with Gasteiger partial charge in [-0.15, -0.1) is 0 Å². The highest BCUT2D eigenvalue weighted by atomic mass is 16.6. The fourth-order valence-electron chi connectivity index (χ4n) is 2.38. The van der Waals surface area contributed by atoms with E-state index in [1.54, 1.807) is 10.9 Å². The van der Waals surface area contributed by atoms with E-state index >= 15 is 0 Å². The van der Waals surface area contributed by atoms with Crippen molar-refractivity contribution in [1.29, 1.82) is 0 Å². The summed E-state index contributed by atoms with van der Waals surface area (Å²) in [4.78, 5) is 0. The van der Waals surface area contributed by atoms with Gasteiger partial charge in [-0.25, -0.2) is 0 Å². The third-order valence-corrected chi connectivity index (χ3v) is 3.67. The molecule has 0 aliphatic carbocycles. The van der Waals surface area contributed by atoms with Gasteiger partial charge in [0.15, 0.2) is 11.5 Å². The van der Waals surface area contributed by atoms with Gasteiger partial charge in [0, 0.05) is 12.6 Å². The molecule has 2 N–H and O–H groups in total. The van der Waals surface area contributed by atoms with Crippen LogP contribution in [-0.2, 0) is 7.05 Å². The summed E-state index contributed by atoms with van der Waals surface area (Å²) in [5.41, 5.74) is 10.3. The zero-order valence-electron chi connectivity index (χ0n) is 11.4. The van der Waals surface area contributed by atoms with E-state index in [0.29, 0.717) is 19.0 Å². The van der Waals surface area contributed by atoms with Crippen molar-refractivity contribution >= 4 is 5.82 Å². The Morgan fingerprint density at radius 1 is 1.16 bits per heavy atom. The predicted octanol–water partition coefficient (Wildman–Crippen LogP) is 2.06. The molecule has 0 spiro atoms. The molecule has 0 saturated carbocycles. The number of nitrogens with two attached hydrogens (primary N) is 1. The van der Waals surface area contributed by atoms with Gasteiger partial charge in [0.1, 0.15) is 19.0 Å². The van der Waals surface area contributed by atoms with Crippen molar-refractivity contribution in [3.05, 3.63) is 23.4 Å². The van der Waals surface area contributed by atoms with Crippen molar-refractivity contribution in [2.24, 2.45) is 7.05 Å². The number of nitrogens with zero attached hydrogens (tertiary/aromatic N) is 2. The van der Waals surface area contributed by atoms with Crippen molar-refractivity contribution in [3.8, 4) is 22.6 Å². The van der Waals surface area contributed by atoms with E-state index in [4.69, 9.17) is 15.2 Å². The van der Waals surface area contributed by atoms with Gasteiger partial charge in [0.25, 0.3) is 0 Å². The summed E-state index contributed by atoms with van der Waals surface area (Å²) < 4.78 is 13.0. The predicted molar refractivity (Wildman–Crippen MR) is 73.5 cm³/mol. The molecule has 19 heavy (non-hydrogen) atoms. The van der Waals surface area contributed by atoms with Crippen molar-refractivity contribution in [1.82, 2.24) is 9.78 Å². The minimum absolute atomic E-state index is 0.581. The number of hydrogen-bond donors (Lipinski definition) is 1. The number of rotatable bonds is 1. The first-order valence-corrected chi connectivity index (χ1v) is 6.27. The number of aromatic nitrogens is 2. The Hall–Kier alpha value is -2.17. The highest BCUT2D eigenvalue weighted by molar-refractivity contribution is 5.79. The summed E-state index contributed by atoms with van der Waals surface area (Å²) in [5, 5.41) is 4.19. The van der Waals surface area contributed by atoms with E-state index in [1.807, 2.05) is 20.0 Å². The lowest BCUT2D eigenvalue weighted by atomic mass is 9.97. The number of hydrogen-bond acceptors (Lipinski definition) is 4. The van der Waals surface area contributed by atoms with Crippen LogP contribution in [-0.4, -0.2) is 23.0 Å². The van der Waals surface area contributed by atoms with E-state index in [0.717, 1.165) is 33.8 Å². The molecular formula is C14H17N3O2. The lowest BCUT2D eigenvalue weighted by molar-refractivity contribution is 0.170. The van der Waals surface area contributed by atoms with E-state index in [1.165, 1.54) is 0 Å². The molecule has 1 aliphatic heterocycles. The molecule has 2 aromatic rings. The Bertz CT molecular complexity index is 647. The highest BCUT2D eigenvalue weighted by Crippen LogP contribution is 2.41. The van der Waals surface area contributed by atoms with Crippen LogP contribution in [0.15, 0.2) is 12.3 Å². The van der Waals surface area contributed by atoms with E-state index < -0.39 is 0 Å². The largest absolute Gasteiger partial charge is 0.486 e. The molecule has 0 bridgehead atoms. The van der Waals surface area contributed by atoms with Crippen LogP contribution in [0.3, 0.4) is 0 Å². The van der Waals surface area contributed by atoms with Gasteiger partial charge < -0.3 is 15.2 Å². The summed E-state index contributed by atoms with van der Waals surface area (Å²) in [6, 6.07) is 1.99. The molecule has 5 heteroatoms. The molecule has 0 unspecified atom stereocenters. The second-order valence-electron chi connectivity index (χ2n) is 4.77. The Balaban J connectivity index is 2.22. The Labute approximate surface area is 111 Å². The smallest absolute Gasteiger partial charge is 0.164 e. The van der Waals surface area contributed by atoms with Crippen LogP contribution in [0, 0.1) is 13.8 Å². The minimum Gasteiger partial charge on any atom is -0.486 e. The zero-order chi connectivity index (χ0) is 13.6. The van der Waals surface area contributed by atoms with Crippen molar-refractivity contribution in [2.45, 2.75) is 13.8 Å². The van der Waals surface area contributed by atoms with Gasteiger partial charge in [-0.05, 0) is 36.6 Å². The molecule has 1 aliphatic rings. The molecule has 3 rings (SSSR count). The second kappa shape index (κ2) is 4.19.